The van der Waals surface area contributed by atoms with Gasteiger partial charge in [-0.15, -0.1) is 0 Å². The van der Waals surface area contributed by atoms with Gasteiger partial charge in [0.2, 0.25) is 0 Å². The minimum Gasteiger partial charge on any atom is -0.465 e. The van der Waals surface area contributed by atoms with Gasteiger partial charge in [0.15, 0.2) is 0 Å². The summed E-state index contributed by atoms with van der Waals surface area (Å²) < 4.78 is 11.8. The van der Waals surface area contributed by atoms with Crippen LogP contribution in [0.25, 0.3) is 0 Å². The second kappa shape index (κ2) is 7.11. The molecule has 138 valence electrons. The number of carbonyl (C=O) groups is 1. The number of ether oxygens (including phenoxy) is 1. The lowest BCUT2D eigenvalue weighted by atomic mass is 9.94. The molecule has 2 aromatic rings. The summed E-state index contributed by atoms with van der Waals surface area (Å²) in [5.74, 6) is 2.62. The van der Waals surface area contributed by atoms with E-state index in [0.717, 1.165) is 59.8 Å². The Balaban J connectivity index is 1.56. The van der Waals surface area contributed by atoms with E-state index in [1.165, 1.54) is 0 Å². The Morgan fingerprint density at radius 1 is 1.31 bits per heavy atom. The van der Waals surface area contributed by atoms with Crippen LogP contribution >= 0.6 is 0 Å². The van der Waals surface area contributed by atoms with E-state index in [4.69, 9.17) is 9.15 Å². The summed E-state index contributed by atoms with van der Waals surface area (Å²) in [4.78, 5) is 19.7. The number of nitrogens with zero attached hydrogens (tertiary/aromatic N) is 2. The number of amides is 1. The highest BCUT2D eigenvalue weighted by atomic mass is 16.5. The summed E-state index contributed by atoms with van der Waals surface area (Å²) in [5.41, 5.74) is 2.75. The lowest BCUT2D eigenvalue weighted by Gasteiger charge is -2.33. The fourth-order valence-electron chi connectivity index (χ4n) is 3.92. The Morgan fingerprint density at radius 2 is 2.15 bits per heavy atom. The van der Waals surface area contributed by atoms with Crippen molar-refractivity contribution in [1.29, 1.82) is 0 Å². The molecule has 0 bridgehead atoms. The van der Waals surface area contributed by atoms with Gasteiger partial charge in [-0.1, -0.05) is 6.07 Å². The molecule has 6 nitrogen and oxygen atoms in total. The van der Waals surface area contributed by atoms with Crippen LogP contribution in [0.1, 0.15) is 52.1 Å². The van der Waals surface area contributed by atoms with E-state index in [9.17, 15) is 4.79 Å². The molecule has 26 heavy (non-hydrogen) atoms. The summed E-state index contributed by atoms with van der Waals surface area (Å²) in [6.07, 6.45) is 3.94. The number of anilines is 1. The first kappa shape index (κ1) is 17.1. The molecule has 1 fully saturated rings. The number of morpholine rings is 1. The maximum Gasteiger partial charge on any atom is 0.257 e. The standard InChI is InChI=1S/C20H25N3O3/c1-13-19(14-6-3-4-8-16(14)26-13)20(24)23-10-11-25-17(12-23)15-7-5-9-18(21-2)22-15/h5,7,9,17H,3-4,6,8,10-12H2,1-2H3,(H,21,22). The van der Waals surface area contributed by atoms with Crippen molar-refractivity contribution in [3.8, 4) is 0 Å². The Morgan fingerprint density at radius 3 is 3.00 bits per heavy atom. The van der Waals surface area contributed by atoms with Crippen LogP contribution in [0.15, 0.2) is 22.6 Å². The highest BCUT2D eigenvalue weighted by molar-refractivity contribution is 5.97. The number of fused-ring (bicyclic) bond motifs is 1. The van der Waals surface area contributed by atoms with Crippen LogP contribution in [0.3, 0.4) is 0 Å². The first-order valence-electron chi connectivity index (χ1n) is 9.34. The van der Waals surface area contributed by atoms with Gasteiger partial charge in [-0.05, 0) is 38.3 Å². The molecule has 0 saturated carbocycles. The number of nitrogens with one attached hydrogen (secondary N) is 1. The molecule has 2 aliphatic rings. The fraction of sp³-hybridized carbons (Fsp3) is 0.500. The van der Waals surface area contributed by atoms with Crippen molar-refractivity contribution in [2.75, 3.05) is 32.1 Å². The molecular weight excluding hydrogens is 330 g/mol. The third-order valence-corrected chi connectivity index (χ3v) is 5.27. The Kier molecular flexibility index (Phi) is 4.68. The van der Waals surface area contributed by atoms with Gasteiger partial charge in [0.1, 0.15) is 23.4 Å². The van der Waals surface area contributed by atoms with Gasteiger partial charge in [0.05, 0.1) is 24.4 Å². The number of furan rings is 1. The molecule has 1 unspecified atom stereocenters. The molecule has 1 aliphatic heterocycles. The average Bonchev–Trinajstić information content (AvgIpc) is 3.03. The molecule has 6 heteroatoms. The van der Waals surface area contributed by atoms with Crippen molar-refractivity contribution < 1.29 is 13.9 Å². The van der Waals surface area contributed by atoms with Crippen LogP contribution in [-0.2, 0) is 17.6 Å². The zero-order chi connectivity index (χ0) is 18.1. The SMILES string of the molecule is CNc1cccc(C2CN(C(=O)c3c(C)oc4c3CCCC4)CCO2)n1. The van der Waals surface area contributed by atoms with Crippen molar-refractivity contribution in [3.05, 3.63) is 46.5 Å². The van der Waals surface area contributed by atoms with Crippen LogP contribution in [0, 0.1) is 6.92 Å². The number of carbonyl (C=O) groups excluding carboxylic acids is 1. The van der Waals surface area contributed by atoms with Crippen LogP contribution in [0.2, 0.25) is 0 Å². The lowest BCUT2D eigenvalue weighted by Crippen LogP contribution is -2.42. The number of hydrogen-bond donors (Lipinski definition) is 1. The number of pyridine rings is 1. The molecule has 1 N–H and O–H groups in total. The first-order chi connectivity index (χ1) is 12.7. The van der Waals surface area contributed by atoms with Gasteiger partial charge in [-0.3, -0.25) is 4.79 Å². The highest BCUT2D eigenvalue weighted by Gasteiger charge is 2.32. The lowest BCUT2D eigenvalue weighted by molar-refractivity contribution is -0.0247. The summed E-state index contributed by atoms with van der Waals surface area (Å²) >= 11 is 0. The molecule has 0 aromatic carbocycles. The zero-order valence-corrected chi connectivity index (χ0v) is 15.4. The average molecular weight is 355 g/mol. The molecule has 1 aliphatic carbocycles. The molecular formula is C20H25N3O3. The van der Waals surface area contributed by atoms with E-state index in [1.807, 2.05) is 37.1 Å². The van der Waals surface area contributed by atoms with Crippen molar-refractivity contribution in [2.45, 2.75) is 38.7 Å². The minimum atomic E-state index is -0.205. The molecule has 1 amide bonds. The fourth-order valence-corrected chi connectivity index (χ4v) is 3.92. The highest BCUT2D eigenvalue weighted by Crippen LogP contribution is 2.31. The van der Waals surface area contributed by atoms with Gasteiger partial charge < -0.3 is 19.4 Å². The molecule has 4 rings (SSSR count). The van der Waals surface area contributed by atoms with E-state index in [-0.39, 0.29) is 12.0 Å². The van der Waals surface area contributed by atoms with Crippen LogP contribution < -0.4 is 5.32 Å². The topological polar surface area (TPSA) is 67.6 Å². The number of rotatable bonds is 3. The monoisotopic (exact) mass is 355 g/mol. The Bertz CT molecular complexity index is 815. The third-order valence-electron chi connectivity index (χ3n) is 5.27. The summed E-state index contributed by atoms with van der Waals surface area (Å²) in [6, 6.07) is 5.82. The zero-order valence-electron chi connectivity index (χ0n) is 15.4. The number of aryl methyl sites for hydroxylation is 2. The van der Waals surface area contributed by atoms with E-state index < -0.39 is 0 Å². The molecule has 0 spiro atoms. The first-order valence-corrected chi connectivity index (χ1v) is 9.34. The largest absolute Gasteiger partial charge is 0.465 e. The maximum atomic E-state index is 13.2. The summed E-state index contributed by atoms with van der Waals surface area (Å²) in [6.45, 7) is 3.53. The van der Waals surface area contributed by atoms with Gasteiger partial charge in [-0.25, -0.2) is 4.98 Å². The molecule has 2 aromatic heterocycles. The van der Waals surface area contributed by atoms with Crippen LogP contribution in [0.5, 0.6) is 0 Å². The van der Waals surface area contributed by atoms with Gasteiger partial charge >= 0.3 is 0 Å². The van der Waals surface area contributed by atoms with Crippen LogP contribution in [0.4, 0.5) is 5.82 Å². The van der Waals surface area contributed by atoms with Gasteiger partial charge in [0, 0.05) is 25.6 Å². The maximum absolute atomic E-state index is 13.2. The summed E-state index contributed by atoms with van der Waals surface area (Å²) in [5, 5.41) is 3.04. The van der Waals surface area contributed by atoms with Gasteiger partial charge in [0.25, 0.3) is 5.91 Å². The second-order valence-corrected chi connectivity index (χ2v) is 6.95. The molecule has 3 heterocycles. The van der Waals surface area contributed by atoms with Crippen molar-refractivity contribution in [3.63, 3.8) is 0 Å². The quantitative estimate of drug-likeness (QED) is 0.916. The summed E-state index contributed by atoms with van der Waals surface area (Å²) in [7, 11) is 1.84. The normalized spacial score (nSPS) is 19.9. The van der Waals surface area contributed by atoms with E-state index in [2.05, 4.69) is 10.3 Å². The van der Waals surface area contributed by atoms with Gasteiger partial charge in [-0.2, -0.15) is 0 Å². The molecule has 1 saturated heterocycles. The van der Waals surface area contributed by atoms with Crippen LogP contribution in [-0.4, -0.2) is 42.5 Å². The van der Waals surface area contributed by atoms with Crippen molar-refractivity contribution in [2.24, 2.45) is 0 Å². The Labute approximate surface area is 153 Å². The number of hydrogen-bond acceptors (Lipinski definition) is 5. The van der Waals surface area contributed by atoms with Crippen molar-refractivity contribution >= 4 is 11.7 Å². The smallest absolute Gasteiger partial charge is 0.257 e. The van der Waals surface area contributed by atoms with E-state index >= 15 is 0 Å². The predicted octanol–water partition coefficient (Wildman–Crippen LogP) is 3.12. The van der Waals surface area contributed by atoms with E-state index in [1.54, 1.807) is 0 Å². The third kappa shape index (κ3) is 3.09. The van der Waals surface area contributed by atoms with Crippen molar-refractivity contribution in [1.82, 2.24) is 9.88 Å². The minimum absolute atomic E-state index is 0.0625. The number of aromatic nitrogens is 1. The molecule has 1 atom stereocenters. The predicted molar refractivity (Wildman–Crippen MR) is 98.5 cm³/mol. The van der Waals surface area contributed by atoms with E-state index in [0.29, 0.717) is 19.7 Å². The second-order valence-electron chi connectivity index (χ2n) is 6.95. The Hall–Kier alpha value is -2.34. The molecule has 0 radical (unpaired) electrons.